The SMILES string of the molecule is C=CCN(c1ccc2c(c1)OCO2)S(=O)(=O)c1ccc([N+](=O)[O-])cc1. The predicted octanol–water partition coefficient (Wildman–Crippen LogP) is 2.70. The van der Waals surface area contributed by atoms with Crippen molar-refractivity contribution in [2.45, 2.75) is 4.90 Å². The molecule has 0 aromatic heterocycles. The van der Waals surface area contributed by atoms with Gasteiger partial charge in [-0.25, -0.2) is 8.42 Å². The molecule has 0 saturated heterocycles. The van der Waals surface area contributed by atoms with E-state index in [4.69, 9.17) is 9.47 Å². The van der Waals surface area contributed by atoms with E-state index in [-0.39, 0.29) is 23.9 Å². The van der Waals surface area contributed by atoms with Crippen LogP contribution in [0, 0.1) is 10.1 Å². The summed E-state index contributed by atoms with van der Waals surface area (Å²) in [5, 5.41) is 10.7. The number of nitrogens with zero attached hydrogens (tertiary/aromatic N) is 2. The van der Waals surface area contributed by atoms with Crippen molar-refractivity contribution in [3.05, 3.63) is 65.2 Å². The van der Waals surface area contributed by atoms with E-state index in [9.17, 15) is 18.5 Å². The van der Waals surface area contributed by atoms with Crippen molar-refractivity contribution in [2.24, 2.45) is 0 Å². The quantitative estimate of drug-likeness (QED) is 0.445. The lowest BCUT2D eigenvalue weighted by atomic mass is 10.3. The van der Waals surface area contributed by atoms with E-state index in [2.05, 4.69) is 6.58 Å². The van der Waals surface area contributed by atoms with Gasteiger partial charge in [0.05, 0.1) is 22.1 Å². The molecule has 130 valence electrons. The fourth-order valence-electron chi connectivity index (χ4n) is 2.37. The molecule has 1 heterocycles. The Morgan fingerprint density at radius 2 is 1.84 bits per heavy atom. The molecule has 0 bridgehead atoms. The molecule has 0 saturated carbocycles. The van der Waals surface area contributed by atoms with Crippen LogP contribution in [0.3, 0.4) is 0 Å². The highest BCUT2D eigenvalue weighted by atomic mass is 32.2. The first-order valence-electron chi connectivity index (χ1n) is 7.21. The molecule has 0 aliphatic carbocycles. The predicted molar refractivity (Wildman–Crippen MR) is 90.4 cm³/mol. The van der Waals surface area contributed by atoms with E-state index in [0.717, 1.165) is 16.4 Å². The van der Waals surface area contributed by atoms with Crippen molar-refractivity contribution in [1.82, 2.24) is 0 Å². The number of anilines is 1. The topological polar surface area (TPSA) is 99.0 Å². The summed E-state index contributed by atoms with van der Waals surface area (Å²) in [7, 11) is -3.93. The molecule has 0 radical (unpaired) electrons. The van der Waals surface area contributed by atoms with Crippen LogP contribution in [0.25, 0.3) is 0 Å². The average molecular weight is 362 g/mol. The lowest BCUT2D eigenvalue weighted by molar-refractivity contribution is -0.384. The molecule has 2 aromatic carbocycles. The van der Waals surface area contributed by atoms with E-state index in [0.29, 0.717) is 17.2 Å². The number of nitro benzene ring substituents is 1. The van der Waals surface area contributed by atoms with Crippen molar-refractivity contribution in [2.75, 3.05) is 17.6 Å². The number of hydrogen-bond donors (Lipinski definition) is 0. The summed E-state index contributed by atoms with van der Waals surface area (Å²) in [4.78, 5) is 10.1. The summed E-state index contributed by atoms with van der Waals surface area (Å²) in [5.41, 5.74) is 0.194. The molecule has 8 nitrogen and oxygen atoms in total. The van der Waals surface area contributed by atoms with Crippen LogP contribution >= 0.6 is 0 Å². The van der Waals surface area contributed by atoms with E-state index in [1.807, 2.05) is 0 Å². The minimum Gasteiger partial charge on any atom is -0.454 e. The van der Waals surface area contributed by atoms with E-state index in [1.54, 1.807) is 18.2 Å². The second-order valence-electron chi connectivity index (χ2n) is 5.11. The fraction of sp³-hybridized carbons (Fsp3) is 0.125. The van der Waals surface area contributed by atoms with Crippen molar-refractivity contribution in [3.63, 3.8) is 0 Å². The van der Waals surface area contributed by atoms with Gasteiger partial charge >= 0.3 is 0 Å². The lowest BCUT2D eigenvalue weighted by Gasteiger charge is -2.23. The minimum atomic E-state index is -3.93. The van der Waals surface area contributed by atoms with Crippen LogP contribution in [0.15, 0.2) is 60.0 Å². The molecule has 0 atom stereocenters. The average Bonchev–Trinajstić information content (AvgIpc) is 3.07. The Labute approximate surface area is 144 Å². The van der Waals surface area contributed by atoms with E-state index in [1.165, 1.54) is 18.2 Å². The zero-order chi connectivity index (χ0) is 18.0. The molecule has 0 spiro atoms. The largest absolute Gasteiger partial charge is 0.454 e. The maximum absolute atomic E-state index is 12.9. The molecule has 0 amide bonds. The summed E-state index contributed by atoms with van der Waals surface area (Å²) >= 11 is 0. The van der Waals surface area contributed by atoms with Gasteiger partial charge < -0.3 is 9.47 Å². The Bertz CT molecular complexity index is 924. The summed E-state index contributed by atoms with van der Waals surface area (Å²) in [6, 6.07) is 9.50. The van der Waals surface area contributed by atoms with Gasteiger partial charge in [-0.1, -0.05) is 6.08 Å². The van der Waals surface area contributed by atoms with Crippen molar-refractivity contribution < 1.29 is 22.8 Å². The number of hydrogen-bond acceptors (Lipinski definition) is 6. The number of benzene rings is 2. The van der Waals surface area contributed by atoms with Crippen molar-refractivity contribution >= 4 is 21.4 Å². The Hall–Kier alpha value is -3.07. The Morgan fingerprint density at radius 3 is 2.48 bits per heavy atom. The molecule has 1 aliphatic rings. The number of fused-ring (bicyclic) bond motifs is 1. The second kappa shape index (κ2) is 6.44. The van der Waals surface area contributed by atoms with Crippen molar-refractivity contribution in [3.8, 4) is 11.5 Å². The zero-order valence-electron chi connectivity index (χ0n) is 13.0. The second-order valence-corrected chi connectivity index (χ2v) is 6.98. The maximum Gasteiger partial charge on any atom is 0.269 e. The molecule has 0 fully saturated rings. The number of ether oxygens (including phenoxy) is 2. The van der Waals surface area contributed by atoms with E-state index < -0.39 is 14.9 Å². The summed E-state index contributed by atoms with van der Waals surface area (Å²) in [5.74, 6) is 0.987. The number of nitro groups is 1. The Kier molecular flexibility index (Phi) is 4.32. The fourth-order valence-corrected chi connectivity index (χ4v) is 3.79. The normalized spacial score (nSPS) is 12.6. The van der Waals surface area contributed by atoms with Gasteiger partial charge in [0.1, 0.15) is 0 Å². The smallest absolute Gasteiger partial charge is 0.269 e. The first kappa shape index (κ1) is 16.8. The molecule has 25 heavy (non-hydrogen) atoms. The van der Waals surface area contributed by atoms with E-state index >= 15 is 0 Å². The third kappa shape index (κ3) is 3.13. The number of sulfonamides is 1. The third-order valence-corrected chi connectivity index (χ3v) is 5.38. The van der Waals surface area contributed by atoms with Crippen LogP contribution < -0.4 is 13.8 Å². The van der Waals surface area contributed by atoms with Gasteiger partial charge in [0.2, 0.25) is 6.79 Å². The van der Waals surface area contributed by atoms with Gasteiger partial charge in [0, 0.05) is 18.2 Å². The molecule has 0 unspecified atom stereocenters. The van der Waals surface area contributed by atoms with Gasteiger partial charge in [0.25, 0.3) is 15.7 Å². The molecule has 3 rings (SSSR count). The van der Waals surface area contributed by atoms with Crippen LogP contribution in [0.1, 0.15) is 0 Å². The zero-order valence-corrected chi connectivity index (χ0v) is 13.8. The van der Waals surface area contributed by atoms with Gasteiger partial charge in [-0.15, -0.1) is 6.58 Å². The standard InChI is InChI=1S/C16H14N2O6S/c1-2-9-17(13-5-8-15-16(10-13)24-11-23-15)25(21,22)14-6-3-12(4-7-14)18(19)20/h2-8,10H,1,9,11H2. The summed E-state index contributed by atoms with van der Waals surface area (Å²) in [6.07, 6.45) is 1.45. The third-order valence-electron chi connectivity index (χ3n) is 3.57. The van der Waals surface area contributed by atoms with Crippen LogP contribution in [-0.2, 0) is 10.0 Å². The van der Waals surface area contributed by atoms with Crippen molar-refractivity contribution in [1.29, 1.82) is 0 Å². The molecule has 2 aromatic rings. The van der Waals surface area contributed by atoms with Gasteiger partial charge in [-0.2, -0.15) is 0 Å². The summed E-state index contributed by atoms with van der Waals surface area (Å²) in [6.45, 7) is 3.70. The van der Waals surface area contributed by atoms with Crippen LogP contribution in [0.5, 0.6) is 11.5 Å². The Balaban J connectivity index is 2.01. The monoisotopic (exact) mass is 362 g/mol. The highest BCUT2D eigenvalue weighted by molar-refractivity contribution is 7.92. The maximum atomic E-state index is 12.9. The molecule has 9 heteroatoms. The first-order chi connectivity index (χ1) is 11.9. The number of non-ortho nitro benzene ring substituents is 1. The van der Waals surface area contributed by atoms with Gasteiger partial charge in [-0.05, 0) is 24.3 Å². The molecule has 1 aliphatic heterocycles. The summed E-state index contributed by atoms with van der Waals surface area (Å²) < 4.78 is 37.5. The minimum absolute atomic E-state index is 0.0268. The highest BCUT2D eigenvalue weighted by Crippen LogP contribution is 2.37. The molecule has 0 N–H and O–H groups in total. The van der Waals surface area contributed by atoms with Crippen LogP contribution in [0.4, 0.5) is 11.4 Å². The van der Waals surface area contributed by atoms with Crippen LogP contribution in [-0.4, -0.2) is 26.7 Å². The Morgan fingerprint density at radius 1 is 1.16 bits per heavy atom. The number of rotatable bonds is 6. The van der Waals surface area contributed by atoms with Gasteiger partial charge in [-0.3, -0.25) is 14.4 Å². The van der Waals surface area contributed by atoms with Crippen LogP contribution in [0.2, 0.25) is 0 Å². The lowest BCUT2D eigenvalue weighted by Crippen LogP contribution is -2.31. The molecular weight excluding hydrogens is 348 g/mol. The first-order valence-corrected chi connectivity index (χ1v) is 8.65. The molecular formula is C16H14N2O6S. The highest BCUT2D eigenvalue weighted by Gasteiger charge is 2.26. The van der Waals surface area contributed by atoms with Gasteiger partial charge in [0.15, 0.2) is 11.5 Å².